The summed E-state index contributed by atoms with van der Waals surface area (Å²) in [5, 5.41) is 0. The summed E-state index contributed by atoms with van der Waals surface area (Å²) in [6, 6.07) is -0.450. The standard InChI is InChI=1S/C8H18N2O/c1-6(2)4-3-5-7(9)8(10)11/h6-7H,3-5,9H2,1-2H3,(H2,10,11). The first kappa shape index (κ1) is 10.4. The molecule has 0 rings (SSSR count). The fourth-order valence-corrected chi connectivity index (χ4v) is 0.888. The molecule has 0 aromatic carbocycles. The average Bonchev–Trinajstić information content (AvgIpc) is 1.86. The van der Waals surface area contributed by atoms with Crippen molar-refractivity contribution in [3.05, 3.63) is 0 Å². The van der Waals surface area contributed by atoms with Crippen LogP contribution >= 0.6 is 0 Å². The van der Waals surface area contributed by atoms with Crippen LogP contribution in [0.2, 0.25) is 0 Å². The second kappa shape index (κ2) is 5.13. The molecule has 11 heavy (non-hydrogen) atoms. The molecule has 3 heteroatoms. The summed E-state index contributed by atoms with van der Waals surface area (Å²) in [4.78, 5) is 10.5. The molecule has 0 spiro atoms. The van der Waals surface area contributed by atoms with Crippen molar-refractivity contribution in [2.45, 2.75) is 39.2 Å². The molecule has 3 nitrogen and oxygen atoms in total. The third-order valence-corrected chi connectivity index (χ3v) is 1.66. The number of amides is 1. The highest BCUT2D eigenvalue weighted by atomic mass is 16.1. The molecule has 0 aliphatic rings. The van der Waals surface area contributed by atoms with E-state index in [4.69, 9.17) is 11.5 Å². The average molecular weight is 158 g/mol. The highest BCUT2D eigenvalue weighted by Crippen LogP contribution is 2.06. The minimum Gasteiger partial charge on any atom is -0.368 e. The van der Waals surface area contributed by atoms with E-state index in [1.54, 1.807) is 0 Å². The molecule has 4 N–H and O–H groups in total. The Hall–Kier alpha value is -0.570. The monoisotopic (exact) mass is 158 g/mol. The van der Waals surface area contributed by atoms with Gasteiger partial charge in [-0.25, -0.2) is 0 Å². The summed E-state index contributed by atoms with van der Waals surface area (Å²) in [6.07, 6.45) is 2.82. The van der Waals surface area contributed by atoms with Crippen molar-refractivity contribution in [3.63, 3.8) is 0 Å². The quantitative estimate of drug-likeness (QED) is 0.616. The van der Waals surface area contributed by atoms with Gasteiger partial charge in [-0.15, -0.1) is 0 Å². The van der Waals surface area contributed by atoms with E-state index in [9.17, 15) is 4.79 Å². The number of carbonyl (C=O) groups excluding carboxylic acids is 1. The van der Waals surface area contributed by atoms with Gasteiger partial charge in [0.1, 0.15) is 0 Å². The predicted octanol–water partition coefficient (Wildman–Crippen LogP) is 0.625. The zero-order valence-electron chi connectivity index (χ0n) is 7.34. The molecule has 0 fully saturated rings. The lowest BCUT2D eigenvalue weighted by atomic mass is 10.0. The van der Waals surface area contributed by atoms with Gasteiger partial charge in [0.2, 0.25) is 5.91 Å². The minimum absolute atomic E-state index is 0.395. The van der Waals surface area contributed by atoms with Gasteiger partial charge in [-0.1, -0.05) is 26.7 Å². The first-order valence-corrected chi connectivity index (χ1v) is 4.09. The van der Waals surface area contributed by atoms with Gasteiger partial charge in [0.05, 0.1) is 6.04 Å². The molecule has 0 saturated carbocycles. The highest BCUT2D eigenvalue weighted by Gasteiger charge is 2.07. The van der Waals surface area contributed by atoms with E-state index >= 15 is 0 Å². The van der Waals surface area contributed by atoms with Crippen LogP contribution in [0.4, 0.5) is 0 Å². The maximum Gasteiger partial charge on any atom is 0.234 e. The van der Waals surface area contributed by atoms with E-state index < -0.39 is 11.9 Å². The van der Waals surface area contributed by atoms with Crippen molar-refractivity contribution in [1.82, 2.24) is 0 Å². The molecule has 0 radical (unpaired) electrons. The summed E-state index contributed by atoms with van der Waals surface area (Å²) >= 11 is 0. The van der Waals surface area contributed by atoms with Crippen molar-refractivity contribution < 1.29 is 4.79 Å². The van der Waals surface area contributed by atoms with E-state index in [1.807, 2.05) is 0 Å². The number of hydrogen-bond donors (Lipinski definition) is 2. The van der Waals surface area contributed by atoms with Crippen molar-refractivity contribution in [1.29, 1.82) is 0 Å². The van der Waals surface area contributed by atoms with Crippen LogP contribution < -0.4 is 11.5 Å². The van der Waals surface area contributed by atoms with E-state index in [0.717, 1.165) is 12.8 Å². The maximum atomic E-state index is 10.5. The Morgan fingerprint density at radius 2 is 1.91 bits per heavy atom. The zero-order valence-corrected chi connectivity index (χ0v) is 7.34. The van der Waals surface area contributed by atoms with Crippen LogP contribution in [0.1, 0.15) is 33.1 Å². The van der Waals surface area contributed by atoms with Gasteiger partial charge in [-0.2, -0.15) is 0 Å². The Morgan fingerprint density at radius 1 is 1.36 bits per heavy atom. The lowest BCUT2D eigenvalue weighted by Crippen LogP contribution is -2.36. The van der Waals surface area contributed by atoms with Crippen LogP contribution in [0.5, 0.6) is 0 Å². The van der Waals surface area contributed by atoms with Crippen LogP contribution in [0.15, 0.2) is 0 Å². The molecule has 0 aromatic rings. The summed E-state index contributed by atoms with van der Waals surface area (Å²) in [7, 11) is 0. The van der Waals surface area contributed by atoms with Gasteiger partial charge < -0.3 is 11.5 Å². The topological polar surface area (TPSA) is 69.1 Å². The van der Waals surface area contributed by atoms with Gasteiger partial charge in [-0.05, 0) is 12.3 Å². The second-order valence-corrected chi connectivity index (χ2v) is 3.33. The number of nitrogens with two attached hydrogens (primary N) is 2. The van der Waals surface area contributed by atoms with Crippen molar-refractivity contribution >= 4 is 5.91 Å². The van der Waals surface area contributed by atoms with E-state index in [-0.39, 0.29) is 0 Å². The molecule has 1 amide bonds. The van der Waals surface area contributed by atoms with Crippen LogP contribution in [-0.4, -0.2) is 11.9 Å². The summed E-state index contributed by atoms with van der Waals surface area (Å²) in [5.41, 5.74) is 10.4. The first-order chi connectivity index (χ1) is 5.04. The maximum absolute atomic E-state index is 10.5. The Labute approximate surface area is 68.1 Å². The molecule has 0 aliphatic heterocycles. The highest BCUT2D eigenvalue weighted by molar-refractivity contribution is 5.79. The predicted molar refractivity (Wildman–Crippen MR) is 45.9 cm³/mol. The summed E-state index contributed by atoms with van der Waals surface area (Å²) < 4.78 is 0. The second-order valence-electron chi connectivity index (χ2n) is 3.33. The van der Waals surface area contributed by atoms with Gasteiger partial charge in [-0.3, -0.25) is 4.79 Å². The van der Waals surface area contributed by atoms with Gasteiger partial charge in [0.15, 0.2) is 0 Å². The van der Waals surface area contributed by atoms with Gasteiger partial charge in [0, 0.05) is 0 Å². The van der Waals surface area contributed by atoms with Crippen molar-refractivity contribution in [2.24, 2.45) is 17.4 Å². The number of hydrogen-bond acceptors (Lipinski definition) is 2. The Balaban J connectivity index is 3.31. The van der Waals surface area contributed by atoms with Crippen LogP contribution in [0, 0.1) is 5.92 Å². The lowest BCUT2D eigenvalue weighted by Gasteiger charge is -2.07. The largest absolute Gasteiger partial charge is 0.368 e. The summed E-state index contributed by atoms with van der Waals surface area (Å²) in [5.74, 6) is 0.281. The van der Waals surface area contributed by atoms with Crippen molar-refractivity contribution in [2.75, 3.05) is 0 Å². The number of carbonyl (C=O) groups is 1. The molecule has 0 heterocycles. The molecule has 1 unspecified atom stereocenters. The van der Waals surface area contributed by atoms with Crippen LogP contribution in [0.25, 0.3) is 0 Å². The minimum atomic E-state index is -0.450. The smallest absolute Gasteiger partial charge is 0.234 e. The Morgan fingerprint density at radius 3 is 2.27 bits per heavy atom. The van der Waals surface area contributed by atoms with Crippen molar-refractivity contribution in [3.8, 4) is 0 Å². The van der Waals surface area contributed by atoms with E-state index in [1.165, 1.54) is 0 Å². The molecular formula is C8H18N2O. The number of primary amides is 1. The molecule has 1 atom stereocenters. The van der Waals surface area contributed by atoms with E-state index in [0.29, 0.717) is 12.3 Å². The van der Waals surface area contributed by atoms with Gasteiger partial charge in [0.25, 0.3) is 0 Å². The number of rotatable bonds is 5. The molecule has 0 bridgehead atoms. The third-order valence-electron chi connectivity index (χ3n) is 1.66. The molecular weight excluding hydrogens is 140 g/mol. The molecule has 66 valence electrons. The van der Waals surface area contributed by atoms with E-state index in [2.05, 4.69) is 13.8 Å². The molecule has 0 aromatic heterocycles. The Bertz CT molecular complexity index is 123. The molecule has 0 aliphatic carbocycles. The van der Waals surface area contributed by atoms with Crippen LogP contribution in [-0.2, 0) is 4.79 Å². The van der Waals surface area contributed by atoms with Gasteiger partial charge >= 0.3 is 0 Å². The first-order valence-electron chi connectivity index (χ1n) is 4.09. The fraction of sp³-hybridized carbons (Fsp3) is 0.875. The molecule has 0 saturated heterocycles. The summed E-state index contributed by atoms with van der Waals surface area (Å²) in [6.45, 7) is 4.30. The Kier molecular flexibility index (Phi) is 4.86. The zero-order chi connectivity index (χ0) is 8.85. The van der Waals surface area contributed by atoms with Crippen LogP contribution in [0.3, 0.4) is 0 Å². The normalized spacial score (nSPS) is 13.5. The SMILES string of the molecule is CC(C)CCCC(N)C(N)=O. The lowest BCUT2D eigenvalue weighted by molar-refractivity contribution is -0.119. The fourth-order valence-electron chi connectivity index (χ4n) is 0.888. The third kappa shape index (κ3) is 5.85.